The van der Waals surface area contributed by atoms with Gasteiger partial charge in [0, 0.05) is 10.0 Å². The summed E-state index contributed by atoms with van der Waals surface area (Å²) in [4.78, 5) is 39.4. The number of fused-ring (bicyclic) bond motifs is 1. The minimum atomic E-state index is -0.795. The maximum atomic E-state index is 13.3. The molecule has 5 rings (SSSR count). The number of hydrogen-bond donors (Lipinski definition) is 1. The molecule has 1 heterocycles. The number of rotatable bonds is 5. The molecule has 0 atom stereocenters. The number of urea groups is 1. The lowest BCUT2D eigenvalue weighted by molar-refractivity contribution is -0.122. The van der Waals surface area contributed by atoms with Gasteiger partial charge in [-0.15, -0.1) is 0 Å². The van der Waals surface area contributed by atoms with Crippen LogP contribution >= 0.6 is 31.9 Å². The van der Waals surface area contributed by atoms with Crippen LogP contribution in [0.4, 0.5) is 10.5 Å². The minimum Gasteiger partial charge on any atom is -0.487 e. The van der Waals surface area contributed by atoms with Gasteiger partial charge in [0.15, 0.2) is 0 Å². The Morgan fingerprint density at radius 3 is 2.39 bits per heavy atom. The van der Waals surface area contributed by atoms with Crippen LogP contribution in [0.3, 0.4) is 0 Å². The van der Waals surface area contributed by atoms with Crippen molar-refractivity contribution < 1.29 is 19.1 Å². The Balaban J connectivity index is 1.52. The van der Waals surface area contributed by atoms with Crippen molar-refractivity contribution in [3.8, 4) is 5.75 Å². The van der Waals surface area contributed by atoms with Crippen LogP contribution in [-0.2, 0) is 16.2 Å². The smallest absolute Gasteiger partial charge is 0.335 e. The van der Waals surface area contributed by atoms with Crippen LogP contribution in [0.25, 0.3) is 16.8 Å². The van der Waals surface area contributed by atoms with Crippen LogP contribution in [0.1, 0.15) is 11.1 Å². The van der Waals surface area contributed by atoms with Crippen molar-refractivity contribution >= 4 is 72.2 Å². The molecule has 4 aromatic carbocycles. The van der Waals surface area contributed by atoms with Crippen molar-refractivity contribution in [2.75, 3.05) is 4.90 Å². The van der Waals surface area contributed by atoms with Crippen molar-refractivity contribution in [3.63, 3.8) is 0 Å². The molecule has 1 aliphatic rings. The molecular formula is C28H18Br2N2O4. The highest BCUT2D eigenvalue weighted by molar-refractivity contribution is 9.11. The largest absolute Gasteiger partial charge is 0.487 e. The number of nitrogens with one attached hydrogen (secondary N) is 1. The van der Waals surface area contributed by atoms with E-state index < -0.39 is 17.8 Å². The first-order valence-corrected chi connectivity index (χ1v) is 12.6. The van der Waals surface area contributed by atoms with Gasteiger partial charge >= 0.3 is 6.03 Å². The molecular weight excluding hydrogens is 588 g/mol. The van der Waals surface area contributed by atoms with Crippen LogP contribution in [0.2, 0.25) is 0 Å². The molecule has 4 aromatic rings. The molecule has 4 amide bonds. The SMILES string of the molecule is O=C1NC(=O)N(c2ccccc2)C(=O)/C1=C/c1cc(Br)cc(Br)c1OCc1cccc2ccccc12. The number of carbonyl (C=O) groups excluding carboxylic acids is 3. The second-order valence-corrected chi connectivity index (χ2v) is 9.80. The number of halogens is 2. The van der Waals surface area contributed by atoms with Crippen LogP contribution < -0.4 is 15.0 Å². The number of ether oxygens (including phenoxy) is 1. The zero-order chi connectivity index (χ0) is 25.2. The lowest BCUT2D eigenvalue weighted by Crippen LogP contribution is -2.54. The summed E-state index contributed by atoms with van der Waals surface area (Å²) >= 11 is 7.00. The number of benzene rings is 4. The second kappa shape index (κ2) is 10.1. The Morgan fingerprint density at radius 2 is 1.58 bits per heavy atom. The molecule has 1 N–H and O–H groups in total. The maximum Gasteiger partial charge on any atom is 0.335 e. The van der Waals surface area contributed by atoms with Gasteiger partial charge in [-0.1, -0.05) is 76.6 Å². The highest BCUT2D eigenvalue weighted by Gasteiger charge is 2.37. The third-order valence-electron chi connectivity index (χ3n) is 5.70. The summed E-state index contributed by atoms with van der Waals surface area (Å²) in [7, 11) is 0. The third-order valence-corrected chi connectivity index (χ3v) is 6.75. The van der Waals surface area contributed by atoms with Crippen molar-refractivity contribution in [2.24, 2.45) is 0 Å². The highest BCUT2D eigenvalue weighted by atomic mass is 79.9. The van der Waals surface area contributed by atoms with E-state index in [1.54, 1.807) is 36.4 Å². The van der Waals surface area contributed by atoms with Gasteiger partial charge in [0.05, 0.1) is 10.2 Å². The van der Waals surface area contributed by atoms with Crippen LogP contribution in [-0.4, -0.2) is 17.8 Å². The number of carbonyl (C=O) groups is 3. The van der Waals surface area contributed by atoms with Gasteiger partial charge in [0.2, 0.25) is 0 Å². The highest BCUT2D eigenvalue weighted by Crippen LogP contribution is 2.36. The fourth-order valence-electron chi connectivity index (χ4n) is 4.03. The Kier molecular flexibility index (Phi) is 6.71. The Hall–Kier alpha value is -3.75. The molecule has 0 unspecified atom stereocenters. The van der Waals surface area contributed by atoms with E-state index in [1.165, 1.54) is 6.08 Å². The van der Waals surface area contributed by atoms with E-state index in [-0.39, 0.29) is 12.2 Å². The van der Waals surface area contributed by atoms with Gasteiger partial charge in [0.1, 0.15) is 17.9 Å². The molecule has 0 aliphatic carbocycles. The maximum absolute atomic E-state index is 13.3. The van der Waals surface area contributed by atoms with Gasteiger partial charge in [-0.2, -0.15) is 0 Å². The average Bonchev–Trinajstić information content (AvgIpc) is 2.86. The van der Waals surface area contributed by atoms with Crippen molar-refractivity contribution in [1.82, 2.24) is 5.32 Å². The Labute approximate surface area is 223 Å². The summed E-state index contributed by atoms with van der Waals surface area (Å²) in [5.41, 5.74) is 1.67. The van der Waals surface area contributed by atoms with E-state index in [0.29, 0.717) is 21.5 Å². The quantitative estimate of drug-likeness (QED) is 0.205. The molecule has 0 saturated carbocycles. The minimum absolute atomic E-state index is 0.182. The van der Waals surface area contributed by atoms with E-state index >= 15 is 0 Å². The molecule has 0 aromatic heterocycles. The normalized spacial score (nSPS) is 14.9. The van der Waals surface area contributed by atoms with E-state index in [0.717, 1.165) is 25.7 Å². The topological polar surface area (TPSA) is 75.7 Å². The molecule has 0 bridgehead atoms. The molecule has 0 spiro atoms. The molecule has 36 heavy (non-hydrogen) atoms. The first-order chi connectivity index (χ1) is 17.4. The van der Waals surface area contributed by atoms with Crippen LogP contribution in [0.5, 0.6) is 5.75 Å². The third kappa shape index (κ3) is 4.69. The van der Waals surface area contributed by atoms with E-state index in [1.807, 2.05) is 48.5 Å². The number of barbiturate groups is 1. The van der Waals surface area contributed by atoms with Gasteiger partial charge in [-0.25, -0.2) is 9.69 Å². The fourth-order valence-corrected chi connectivity index (χ4v) is 5.41. The Bertz CT molecular complexity index is 1540. The Morgan fingerprint density at radius 1 is 0.861 bits per heavy atom. The molecule has 8 heteroatoms. The lowest BCUT2D eigenvalue weighted by Gasteiger charge is -2.26. The zero-order valence-corrected chi connectivity index (χ0v) is 21.9. The molecule has 6 nitrogen and oxygen atoms in total. The number of para-hydroxylation sites is 1. The summed E-state index contributed by atoms with van der Waals surface area (Å²) in [6, 6.07) is 25.3. The van der Waals surface area contributed by atoms with Crippen molar-refractivity contribution in [3.05, 3.63) is 111 Å². The fraction of sp³-hybridized carbons (Fsp3) is 0.0357. The number of hydrogen-bond acceptors (Lipinski definition) is 4. The molecule has 1 saturated heterocycles. The second-order valence-electron chi connectivity index (χ2n) is 8.03. The summed E-state index contributed by atoms with van der Waals surface area (Å²) in [5, 5.41) is 4.43. The van der Waals surface area contributed by atoms with Gasteiger partial charge in [-0.05, 0) is 62.6 Å². The van der Waals surface area contributed by atoms with Crippen molar-refractivity contribution in [1.29, 1.82) is 0 Å². The van der Waals surface area contributed by atoms with E-state index in [9.17, 15) is 14.4 Å². The monoisotopic (exact) mass is 604 g/mol. The summed E-state index contributed by atoms with van der Waals surface area (Å²) in [6.45, 7) is 0.270. The predicted octanol–water partition coefficient (Wildman–Crippen LogP) is 6.61. The number of amides is 4. The molecule has 1 aliphatic heterocycles. The molecule has 178 valence electrons. The zero-order valence-electron chi connectivity index (χ0n) is 18.7. The van der Waals surface area contributed by atoms with Crippen LogP contribution in [0, 0.1) is 0 Å². The lowest BCUT2D eigenvalue weighted by atomic mass is 10.0. The van der Waals surface area contributed by atoms with Crippen LogP contribution in [0.15, 0.2) is 99.4 Å². The predicted molar refractivity (Wildman–Crippen MR) is 146 cm³/mol. The van der Waals surface area contributed by atoms with Gasteiger partial charge in [0.25, 0.3) is 11.8 Å². The average molecular weight is 606 g/mol. The van der Waals surface area contributed by atoms with Crippen molar-refractivity contribution in [2.45, 2.75) is 6.61 Å². The summed E-state index contributed by atoms with van der Waals surface area (Å²) in [6.07, 6.45) is 1.44. The number of anilines is 1. The van der Waals surface area contributed by atoms with E-state index in [4.69, 9.17) is 4.74 Å². The first kappa shape index (κ1) is 24.0. The molecule has 0 radical (unpaired) electrons. The summed E-state index contributed by atoms with van der Waals surface area (Å²) in [5.74, 6) is -1.03. The van der Waals surface area contributed by atoms with Gasteiger partial charge in [-0.3, -0.25) is 14.9 Å². The molecule has 1 fully saturated rings. The first-order valence-electron chi connectivity index (χ1n) is 11.0. The number of imide groups is 2. The van der Waals surface area contributed by atoms with Gasteiger partial charge < -0.3 is 4.74 Å². The summed E-state index contributed by atoms with van der Waals surface area (Å²) < 4.78 is 7.59. The number of nitrogens with zero attached hydrogens (tertiary/aromatic N) is 1. The standard InChI is InChI=1S/C28H18Br2N2O4/c29-20-13-19(14-23-26(33)31-28(35)32(27(23)34)21-10-2-1-3-11-21)25(24(30)15-20)36-16-18-9-6-8-17-7-4-5-12-22(17)18/h1-15H,16H2,(H,31,33,35)/b23-14+. The van der Waals surface area contributed by atoms with E-state index in [2.05, 4.69) is 37.2 Å².